The van der Waals surface area contributed by atoms with Gasteiger partial charge in [-0.05, 0) is 42.5 Å². The Kier molecular flexibility index (Phi) is 4.96. The van der Waals surface area contributed by atoms with Crippen molar-refractivity contribution in [2.24, 2.45) is 5.92 Å². The van der Waals surface area contributed by atoms with Gasteiger partial charge in [-0.15, -0.1) is 0 Å². The van der Waals surface area contributed by atoms with Crippen LogP contribution >= 0.6 is 0 Å². The van der Waals surface area contributed by atoms with E-state index in [2.05, 4.69) is 30.9 Å². The Morgan fingerprint density at radius 2 is 2.30 bits per heavy atom. The van der Waals surface area contributed by atoms with Crippen LogP contribution in [0.25, 0.3) is 6.08 Å². The highest BCUT2D eigenvalue weighted by Crippen LogP contribution is 2.25. The van der Waals surface area contributed by atoms with Gasteiger partial charge in [-0.1, -0.05) is 38.1 Å². The second-order valence-corrected chi connectivity index (χ2v) is 5.84. The van der Waals surface area contributed by atoms with Crippen LogP contribution in [-0.4, -0.2) is 28.6 Å². The minimum Gasteiger partial charge on any atom is -0.478 e. The van der Waals surface area contributed by atoms with Crippen molar-refractivity contribution in [1.29, 1.82) is 0 Å². The first-order valence-corrected chi connectivity index (χ1v) is 7.30. The molecule has 20 heavy (non-hydrogen) atoms. The van der Waals surface area contributed by atoms with Gasteiger partial charge in [0.25, 0.3) is 0 Å². The third-order valence-electron chi connectivity index (χ3n) is 3.94. The van der Waals surface area contributed by atoms with Gasteiger partial charge in [0.05, 0.1) is 0 Å². The summed E-state index contributed by atoms with van der Waals surface area (Å²) in [7, 11) is 0. The minimum atomic E-state index is -0.908. The molecular weight excluding hydrogens is 250 g/mol. The Bertz CT molecular complexity index is 494. The third kappa shape index (κ3) is 3.94. The van der Waals surface area contributed by atoms with E-state index in [1.54, 1.807) is 6.08 Å². The van der Waals surface area contributed by atoms with Crippen molar-refractivity contribution >= 4 is 12.0 Å². The smallest absolute Gasteiger partial charge is 0.328 e. The largest absolute Gasteiger partial charge is 0.478 e. The molecule has 0 radical (unpaired) electrons. The summed E-state index contributed by atoms with van der Waals surface area (Å²) in [5.74, 6) is -0.220. The quantitative estimate of drug-likeness (QED) is 0.836. The van der Waals surface area contributed by atoms with E-state index in [9.17, 15) is 4.79 Å². The molecule has 1 N–H and O–H groups in total. The average molecular weight is 273 g/mol. The normalized spacial score (nSPS) is 20.1. The van der Waals surface area contributed by atoms with Crippen LogP contribution in [0.1, 0.15) is 37.8 Å². The molecule has 1 aromatic rings. The Morgan fingerprint density at radius 1 is 1.50 bits per heavy atom. The van der Waals surface area contributed by atoms with E-state index in [0.717, 1.165) is 18.7 Å². The SMILES string of the molecule is CC(C)C1CCCN1Cc1cccc(C=CC(=O)O)c1. The first-order chi connectivity index (χ1) is 9.56. The third-order valence-corrected chi connectivity index (χ3v) is 3.94. The Balaban J connectivity index is 2.06. The maximum absolute atomic E-state index is 10.6. The number of aliphatic carboxylic acids is 1. The summed E-state index contributed by atoms with van der Waals surface area (Å²) in [6.45, 7) is 6.69. The molecule has 0 aromatic heterocycles. The van der Waals surface area contributed by atoms with Crippen LogP contribution in [-0.2, 0) is 11.3 Å². The van der Waals surface area contributed by atoms with Gasteiger partial charge >= 0.3 is 5.97 Å². The predicted molar refractivity (Wildman–Crippen MR) is 81.4 cm³/mol. The van der Waals surface area contributed by atoms with Crippen molar-refractivity contribution in [3.63, 3.8) is 0 Å². The lowest BCUT2D eigenvalue weighted by Crippen LogP contribution is -2.32. The molecule has 1 aromatic carbocycles. The molecular formula is C17H23NO2. The number of carbonyl (C=O) groups is 1. The van der Waals surface area contributed by atoms with Gasteiger partial charge in [0.15, 0.2) is 0 Å². The Hall–Kier alpha value is -1.61. The van der Waals surface area contributed by atoms with Crippen molar-refractivity contribution in [3.05, 3.63) is 41.5 Å². The first-order valence-electron chi connectivity index (χ1n) is 7.30. The highest BCUT2D eigenvalue weighted by Gasteiger charge is 2.26. The fourth-order valence-electron chi connectivity index (χ4n) is 3.00. The summed E-state index contributed by atoms with van der Waals surface area (Å²) >= 11 is 0. The molecule has 3 heteroatoms. The van der Waals surface area contributed by atoms with Crippen molar-refractivity contribution < 1.29 is 9.90 Å². The number of nitrogens with zero attached hydrogens (tertiary/aromatic N) is 1. The molecule has 1 heterocycles. The Labute approximate surface area is 120 Å². The Morgan fingerprint density at radius 3 is 3.00 bits per heavy atom. The lowest BCUT2D eigenvalue weighted by atomic mass is 10.0. The van der Waals surface area contributed by atoms with E-state index >= 15 is 0 Å². The van der Waals surface area contributed by atoms with Crippen LogP contribution in [0.2, 0.25) is 0 Å². The number of carboxylic acids is 1. The molecule has 1 aliphatic rings. The molecule has 0 amide bonds. The summed E-state index contributed by atoms with van der Waals surface area (Å²) in [6, 6.07) is 8.81. The summed E-state index contributed by atoms with van der Waals surface area (Å²) in [5, 5.41) is 8.67. The maximum atomic E-state index is 10.6. The number of benzene rings is 1. The lowest BCUT2D eigenvalue weighted by molar-refractivity contribution is -0.131. The standard InChI is InChI=1S/C17H23NO2/c1-13(2)16-7-4-10-18(16)12-15-6-3-5-14(11-15)8-9-17(19)20/h3,5-6,8-9,11,13,16H,4,7,10,12H2,1-2H3,(H,19,20). The van der Waals surface area contributed by atoms with Gasteiger partial charge in [0, 0.05) is 18.7 Å². The number of hydrogen-bond donors (Lipinski definition) is 1. The molecule has 108 valence electrons. The van der Waals surface area contributed by atoms with Crippen LogP contribution < -0.4 is 0 Å². The summed E-state index contributed by atoms with van der Waals surface area (Å²) < 4.78 is 0. The lowest BCUT2D eigenvalue weighted by Gasteiger charge is -2.27. The zero-order valence-corrected chi connectivity index (χ0v) is 12.2. The van der Waals surface area contributed by atoms with Crippen molar-refractivity contribution in [3.8, 4) is 0 Å². The van der Waals surface area contributed by atoms with Gasteiger partial charge < -0.3 is 5.11 Å². The fraction of sp³-hybridized carbons (Fsp3) is 0.471. The van der Waals surface area contributed by atoms with Crippen LogP contribution in [0.4, 0.5) is 0 Å². The molecule has 0 bridgehead atoms. The summed E-state index contributed by atoms with van der Waals surface area (Å²) in [4.78, 5) is 13.1. The van der Waals surface area contributed by atoms with Crippen LogP contribution in [0.5, 0.6) is 0 Å². The summed E-state index contributed by atoms with van der Waals surface area (Å²) in [5.41, 5.74) is 2.20. The molecule has 1 saturated heterocycles. The maximum Gasteiger partial charge on any atom is 0.328 e. The number of hydrogen-bond acceptors (Lipinski definition) is 2. The zero-order valence-electron chi connectivity index (χ0n) is 12.2. The van der Waals surface area contributed by atoms with Gasteiger partial charge in [-0.25, -0.2) is 4.79 Å². The molecule has 2 rings (SSSR count). The van der Waals surface area contributed by atoms with E-state index in [1.807, 2.05) is 12.1 Å². The van der Waals surface area contributed by atoms with Crippen molar-refractivity contribution in [2.45, 2.75) is 39.3 Å². The second-order valence-electron chi connectivity index (χ2n) is 5.84. The van der Waals surface area contributed by atoms with E-state index in [1.165, 1.54) is 24.5 Å². The number of rotatable bonds is 5. The predicted octanol–water partition coefficient (Wildman–Crippen LogP) is 3.40. The number of carboxylic acid groups (broad SMARTS) is 1. The molecule has 0 spiro atoms. The van der Waals surface area contributed by atoms with E-state index in [-0.39, 0.29) is 0 Å². The molecule has 1 atom stereocenters. The van der Waals surface area contributed by atoms with Gasteiger partial charge in [0.2, 0.25) is 0 Å². The minimum absolute atomic E-state index is 0.674. The van der Waals surface area contributed by atoms with Crippen molar-refractivity contribution in [2.75, 3.05) is 6.54 Å². The second kappa shape index (κ2) is 6.71. The highest BCUT2D eigenvalue weighted by atomic mass is 16.4. The summed E-state index contributed by atoms with van der Waals surface area (Å²) in [6.07, 6.45) is 5.40. The molecule has 1 aliphatic heterocycles. The van der Waals surface area contributed by atoms with Gasteiger partial charge in [0.1, 0.15) is 0 Å². The van der Waals surface area contributed by atoms with Crippen LogP contribution in [0.15, 0.2) is 30.3 Å². The number of likely N-dealkylation sites (tertiary alicyclic amines) is 1. The molecule has 0 aliphatic carbocycles. The van der Waals surface area contributed by atoms with E-state index in [4.69, 9.17) is 5.11 Å². The molecule has 1 unspecified atom stereocenters. The highest BCUT2D eigenvalue weighted by molar-refractivity contribution is 5.85. The zero-order chi connectivity index (χ0) is 14.5. The molecule has 0 saturated carbocycles. The monoisotopic (exact) mass is 273 g/mol. The van der Waals surface area contributed by atoms with Crippen molar-refractivity contribution in [1.82, 2.24) is 4.90 Å². The van der Waals surface area contributed by atoms with Crippen LogP contribution in [0, 0.1) is 5.92 Å². The topological polar surface area (TPSA) is 40.5 Å². The van der Waals surface area contributed by atoms with E-state index < -0.39 is 5.97 Å². The first kappa shape index (κ1) is 14.8. The molecule has 3 nitrogen and oxygen atoms in total. The van der Waals surface area contributed by atoms with Crippen LogP contribution in [0.3, 0.4) is 0 Å². The average Bonchev–Trinajstić information content (AvgIpc) is 2.85. The van der Waals surface area contributed by atoms with Gasteiger partial charge in [-0.3, -0.25) is 4.90 Å². The van der Waals surface area contributed by atoms with E-state index in [0.29, 0.717) is 12.0 Å². The molecule has 1 fully saturated rings. The fourth-order valence-corrected chi connectivity index (χ4v) is 3.00. The van der Waals surface area contributed by atoms with Gasteiger partial charge in [-0.2, -0.15) is 0 Å².